The van der Waals surface area contributed by atoms with Crippen molar-refractivity contribution in [2.24, 2.45) is 20.5 Å². The number of nitrogens with zero attached hydrogens (tertiary/aromatic N) is 4. The summed E-state index contributed by atoms with van der Waals surface area (Å²) in [6, 6.07) is 16.7. The van der Waals surface area contributed by atoms with E-state index in [4.69, 9.17) is 0 Å². The van der Waals surface area contributed by atoms with Crippen LogP contribution in [0.4, 0.5) is 5.69 Å². The van der Waals surface area contributed by atoms with Crippen LogP contribution in [-0.4, -0.2) is 5.91 Å². The highest BCUT2D eigenvalue weighted by molar-refractivity contribution is 6.03. The van der Waals surface area contributed by atoms with Gasteiger partial charge in [-0.25, -0.2) is 0 Å². The van der Waals surface area contributed by atoms with E-state index in [1.165, 1.54) is 0 Å². The van der Waals surface area contributed by atoms with Gasteiger partial charge in [-0.2, -0.15) is 5.11 Å². The lowest BCUT2D eigenvalue weighted by molar-refractivity contribution is -0.114. The Labute approximate surface area is 127 Å². The van der Waals surface area contributed by atoms with Crippen LogP contribution in [0, 0.1) is 0 Å². The number of azo groups is 2. The van der Waals surface area contributed by atoms with Gasteiger partial charge in [-0.3, -0.25) is 4.79 Å². The van der Waals surface area contributed by atoms with E-state index < -0.39 is 5.91 Å². The van der Waals surface area contributed by atoms with Crippen LogP contribution in [0.25, 0.3) is 11.8 Å². The Morgan fingerprint density at radius 3 is 2.32 bits per heavy atom. The molecule has 5 nitrogen and oxygen atoms in total. The van der Waals surface area contributed by atoms with Crippen LogP contribution < -0.4 is 0 Å². The highest BCUT2D eigenvalue weighted by atomic mass is 16.2. The molecule has 0 saturated heterocycles. The molecule has 0 unspecified atom stereocenters. The molecule has 2 aromatic rings. The van der Waals surface area contributed by atoms with E-state index in [0.717, 1.165) is 11.1 Å². The molecule has 22 heavy (non-hydrogen) atoms. The quantitative estimate of drug-likeness (QED) is 0.747. The van der Waals surface area contributed by atoms with E-state index in [1.54, 1.807) is 18.2 Å². The molecular formula is C17H12N4O. The number of hydrogen-bond acceptors (Lipinski definition) is 4. The molecule has 0 atom stereocenters. The number of rotatable bonds is 4. The van der Waals surface area contributed by atoms with Gasteiger partial charge in [-0.1, -0.05) is 55.1 Å². The summed E-state index contributed by atoms with van der Waals surface area (Å²) in [5, 5.41) is 15.6. The first-order chi connectivity index (χ1) is 10.8. The summed E-state index contributed by atoms with van der Waals surface area (Å²) in [7, 11) is 0. The van der Waals surface area contributed by atoms with Crippen molar-refractivity contribution in [1.29, 1.82) is 0 Å². The van der Waals surface area contributed by atoms with E-state index in [2.05, 4.69) is 27.0 Å². The Balaban J connectivity index is 1.92. The molecule has 0 bridgehead atoms. The minimum Gasteiger partial charge on any atom is -0.263 e. The van der Waals surface area contributed by atoms with E-state index >= 15 is 0 Å². The minimum atomic E-state index is -0.481. The fourth-order valence-electron chi connectivity index (χ4n) is 1.96. The van der Waals surface area contributed by atoms with E-state index in [1.807, 2.05) is 42.5 Å². The number of benzene rings is 2. The van der Waals surface area contributed by atoms with Crippen molar-refractivity contribution in [3.05, 3.63) is 78.0 Å². The van der Waals surface area contributed by atoms with Crippen molar-refractivity contribution in [3.63, 3.8) is 0 Å². The van der Waals surface area contributed by atoms with Crippen LogP contribution in [0.2, 0.25) is 0 Å². The summed E-state index contributed by atoms with van der Waals surface area (Å²) in [6.45, 7) is 3.69. The largest absolute Gasteiger partial charge is 0.318 e. The first kappa shape index (κ1) is 13.8. The molecule has 2 aromatic carbocycles. The summed E-state index contributed by atoms with van der Waals surface area (Å²) >= 11 is 0. The Hall–Kier alpha value is -3.21. The maximum atomic E-state index is 11.8. The molecule has 0 radical (unpaired) electrons. The summed E-state index contributed by atoms with van der Waals surface area (Å²) in [6.07, 6.45) is 1.75. The summed E-state index contributed by atoms with van der Waals surface area (Å²) in [4.78, 5) is 11.8. The Bertz CT molecular complexity index is 802. The second-order valence-electron chi connectivity index (χ2n) is 4.56. The predicted octanol–water partition coefficient (Wildman–Crippen LogP) is 4.77. The highest BCUT2D eigenvalue weighted by Crippen LogP contribution is 2.28. The average Bonchev–Trinajstić information content (AvgIpc) is 2.95. The average molecular weight is 288 g/mol. The van der Waals surface area contributed by atoms with Gasteiger partial charge >= 0.3 is 5.91 Å². The standard InChI is InChI=1S/C17H12N4O/c1-2-12-8-10-14(11-9-12)18-20-16-15(19-21-17(16)22)13-6-4-3-5-7-13/h2-11H,1H2. The third kappa shape index (κ3) is 2.78. The lowest BCUT2D eigenvalue weighted by Crippen LogP contribution is -1.92. The maximum absolute atomic E-state index is 11.8. The number of carbonyl (C=O) groups is 1. The zero-order valence-electron chi connectivity index (χ0n) is 11.7. The number of amides is 1. The minimum absolute atomic E-state index is 0.152. The van der Waals surface area contributed by atoms with E-state index in [0.29, 0.717) is 11.4 Å². The fourth-order valence-corrected chi connectivity index (χ4v) is 1.96. The Kier molecular flexibility index (Phi) is 3.78. The van der Waals surface area contributed by atoms with E-state index in [9.17, 15) is 4.79 Å². The van der Waals surface area contributed by atoms with Gasteiger partial charge in [0.2, 0.25) is 0 Å². The Morgan fingerprint density at radius 2 is 1.64 bits per heavy atom. The molecule has 0 saturated carbocycles. The van der Waals surface area contributed by atoms with Gasteiger partial charge in [0.05, 0.1) is 5.69 Å². The fraction of sp³-hybridized carbons (Fsp3) is 0. The normalized spacial score (nSPS) is 14.1. The first-order valence-corrected chi connectivity index (χ1v) is 6.68. The molecule has 0 aliphatic carbocycles. The molecule has 1 aliphatic heterocycles. The molecule has 0 N–H and O–H groups in total. The van der Waals surface area contributed by atoms with Crippen molar-refractivity contribution in [2.45, 2.75) is 0 Å². The van der Waals surface area contributed by atoms with Crippen LogP contribution in [-0.2, 0) is 4.79 Å². The second-order valence-corrected chi connectivity index (χ2v) is 4.56. The van der Waals surface area contributed by atoms with Gasteiger partial charge in [0.15, 0.2) is 5.70 Å². The molecule has 0 aromatic heterocycles. The van der Waals surface area contributed by atoms with Crippen LogP contribution in [0.3, 0.4) is 0 Å². The molecule has 1 amide bonds. The molecule has 3 rings (SSSR count). The molecule has 0 fully saturated rings. The monoisotopic (exact) mass is 288 g/mol. The molecule has 1 aliphatic rings. The second kappa shape index (κ2) is 6.05. The summed E-state index contributed by atoms with van der Waals surface area (Å²) in [5.41, 5.74) is 3.01. The van der Waals surface area contributed by atoms with Crippen LogP contribution >= 0.6 is 0 Å². The van der Waals surface area contributed by atoms with Crippen LogP contribution in [0.1, 0.15) is 11.1 Å². The van der Waals surface area contributed by atoms with Crippen LogP contribution in [0.5, 0.6) is 0 Å². The highest BCUT2D eigenvalue weighted by Gasteiger charge is 2.22. The number of hydrogen-bond donors (Lipinski definition) is 0. The third-order valence-electron chi connectivity index (χ3n) is 3.11. The smallest absolute Gasteiger partial charge is 0.263 e. The maximum Gasteiger partial charge on any atom is 0.318 e. The van der Waals surface area contributed by atoms with Crippen molar-refractivity contribution < 1.29 is 4.79 Å². The third-order valence-corrected chi connectivity index (χ3v) is 3.11. The van der Waals surface area contributed by atoms with Crippen molar-refractivity contribution in [2.75, 3.05) is 0 Å². The number of carbonyl (C=O) groups excluding carboxylic acids is 1. The first-order valence-electron chi connectivity index (χ1n) is 6.68. The van der Waals surface area contributed by atoms with Gasteiger partial charge in [0.1, 0.15) is 5.70 Å². The van der Waals surface area contributed by atoms with Gasteiger partial charge in [0.25, 0.3) is 0 Å². The van der Waals surface area contributed by atoms with Crippen LogP contribution in [0.15, 0.2) is 87.3 Å². The molecule has 0 spiro atoms. The van der Waals surface area contributed by atoms with Gasteiger partial charge in [-0.15, -0.1) is 15.3 Å². The molecule has 5 heteroatoms. The zero-order valence-corrected chi connectivity index (χ0v) is 11.7. The summed E-state index contributed by atoms with van der Waals surface area (Å²) in [5.74, 6) is -0.481. The molecule has 106 valence electrons. The Morgan fingerprint density at radius 1 is 0.909 bits per heavy atom. The van der Waals surface area contributed by atoms with E-state index in [-0.39, 0.29) is 5.70 Å². The van der Waals surface area contributed by atoms with Gasteiger partial charge in [0, 0.05) is 5.56 Å². The lowest BCUT2D eigenvalue weighted by Gasteiger charge is -1.98. The van der Waals surface area contributed by atoms with Gasteiger partial charge in [-0.05, 0) is 17.7 Å². The zero-order chi connectivity index (χ0) is 15.4. The van der Waals surface area contributed by atoms with Crippen molar-refractivity contribution in [3.8, 4) is 0 Å². The molecule has 1 heterocycles. The topological polar surface area (TPSA) is 66.5 Å². The van der Waals surface area contributed by atoms with Crippen molar-refractivity contribution in [1.82, 2.24) is 0 Å². The lowest BCUT2D eigenvalue weighted by atomic mass is 10.1. The molecular weight excluding hydrogens is 276 g/mol. The van der Waals surface area contributed by atoms with Crippen molar-refractivity contribution >= 4 is 23.4 Å². The SMILES string of the molecule is C=Cc1ccc(N=NC2=C(c3ccccc3)N=NC2=O)cc1. The van der Waals surface area contributed by atoms with Gasteiger partial charge < -0.3 is 0 Å². The predicted molar refractivity (Wildman–Crippen MR) is 84.3 cm³/mol. The summed E-state index contributed by atoms with van der Waals surface area (Å²) < 4.78 is 0.